The SMILES string of the molecule is C=C(F)C(=O)Nc1ccc(-c2c(-c3ccc(C(=O)NCC(F)(F)F)c(OC)c3)c3c(N)ncc(Br)c3n2C)c(Cl)c1. The quantitative estimate of drug-likeness (QED) is 0.153. The summed E-state index contributed by atoms with van der Waals surface area (Å²) < 4.78 is 59.0. The van der Waals surface area contributed by atoms with Crippen LogP contribution in [0.5, 0.6) is 5.75 Å². The van der Waals surface area contributed by atoms with Crippen LogP contribution >= 0.6 is 27.5 Å². The molecule has 14 heteroatoms. The third kappa shape index (κ3) is 6.00. The molecule has 0 fully saturated rings. The van der Waals surface area contributed by atoms with Crippen LogP contribution in [0.3, 0.4) is 0 Å². The Bertz CT molecular complexity index is 1720. The van der Waals surface area contributed by atoms with Crippen molar-refractivity contribution >= 4 is 61.8 Å². The monoisotopic (exact) mass is 653 g/mol. The van der Waals surface area contributed by atoms with E-state index in [0.717, 1.165) is 0 Å². The van der Waals surface area contributed by atoms with Gasteiger partial charge in [-0.3, -0.25) is 9.59 Å². The molecule has 4 aromatic rings. The average molecular weight is 655 g/mol. The van der Waals surface area contributed by atoms with E-state index in [0.29, 0.717) is 37.8 Å². The van der Waals surface area contributed by atoms with E-state index in [1.807, 2.05) is 9.88 Å². The fourth-order valence-corrected chi connectivity index (χ4v) is 5.19. The summed E-state index contributed by atoms with van der Waals surface area (Å²) in [5, 5.41) is 4.90. The molecule has 0 radical (unpaired) electrons. The number of nitrogens with zero attached hydrogens (tertiary/aromatic N) is 2. The Hall–Kier alpha value is -4.10. The maximum atomic E-state index is 13.2. The van der Waals surface area contributed by atoms with E-state index in [4.69, 9.17) is 22.1 Å². The highest BCUT2D eigenvalue weighted by Crippen LogP contribution is 2.47. The Morgan fingerprint density at radius 1 is 1.22 bits per heavy atom. The van der Waals surface area contributed by atoms with Crippen LogP contribution in [-0.4, -0.2) is 41.2 Å². The maximum Gasteiger partial charge on any atom is 0.405 e. The molecular weight excluding hydrogens is 634 g/mol. The molecule has 0 unspecified atom stereocenters. The zero-order chi connectivity index (χ0) is 30.2. The minimum absolute atomic E-state index is 0.0160. The van der Waals surface area contributed by atoms with Gasteiger partial charge in [-0.15, -0.1) is 0 Å². The van der Waals surface area contributed by atoms with Crippen molar-refractivity contribution in [1.82, 2.24) is 14.9 Å². The van der Waals surface area contributed by atoms with Gasteiger partial charge in [-0.05, 0) is 51.8 Å². The molecule has 2 aromatic heterocycles. The number of pyridine rings is 1. The van der Waals surface area contributed by atoms with Crippen molar-refractivity contribution < 1.29 is 31.9 Å². The van der Waals surface area contributed by atoms with Gasteiger partial charge >= 0.3 is 6.18 Å². The zero-order valence-electron chi connectivity index (χ0n) is 21.4. The van der Waals surface area contributed by atoms with Crippen LogP contribution in [0.15, 0.2) is 59.5 Å². The Kier molecular flexibility index (Phi) is 8.31. The third-order valence-corrected chi connectivity index (χ3v) is 7.00. The lowest BCUT2D eigenvalue weighted by Gasteiger charge is -2.15. The van der Waals surface area contributed by atoms with Gasteiger partial charge in [0, 0.05) is 30.1 Å². The van der Waals surface area contributed by atoms with Gasteiger partial charge in [0.15, 0.2) is 5.83 Å². The van der Waals surface area contributed by atoms with E-state index in [1.165, 1.54) is 37.6 Å². The van der Waals surface area contributed by atoms with Gasteiger partial charge in [0.1, 0.15) is 18.1 Å². The predicted octanol–water partition coefficient (Wildman–Crippen LogP) is 6.63. The lowest BCUT2D eigenvalue weighted by molar-refractivity contribution is -0.123. The number of benzene rings is 2. The standard InChI is InChI=1S/C27H21BrClF4N5O3/c1-12(30)25(39)37-14-5-7-15(18(29)9-14)22-20(21-23(38(22)2)17(28)10-35-24(21)34)13-4-6-16(19(8-13)41-3)26(40)36-11-27(31,32)33/h4-10H,1,11H2,2-3H3,(H2,34,35)(H,36,40)(H,37,39). The molecule has 2 heterocycles. The van der Waals surface area contributed by atoms with Crippen LogP contribution < -0.4 is 21.1 Å². The molecule has 2 amide bonds. The first-order chi connectivity index (χ1) is 19.2. The van der Waals surface area contributed by atoms with E-state index >= 15 is 0 Å². The van der Waals surface area contributed by atoms with E-state index < -0.39 is 30.4 Å². The molecule has 4 N–H and O–H groups in total. The van der Waals surface area contributed by atoms with Gasteiger partial charge in [-0.2, -0.15) is 13.2 Å². The van der Waals surface area contributed by atoms with Crippen LogP contribution in [0.2, 0.25) is 5.02 Å². The average Bonchev–Trinajstić information content (AvgIpc) is 3.22. The summed E-state index contributed by atoms with van der Waals surface area (Å²) in [5.41, 5.74) is 9.16. The van der Waals surface area contributed by atoms with Gasteiger partial charge in [0.05, 0.1) is 38.8 Å². The molecule has 0 aliphatic rings. The topological polar surface area (TPSA) is 111 Å². The number of hydrogen-bond acceptors (Lipinski definition) is 5. The normalized spacial score (nSPS) is 11.4. The first-order valence-corrected chi connectivity index (χ1v) is 12.8. The van der Waals surface area contributed by atoms with Gasteiger partial charge in [-0.25, -0.2) is 9.37 Å². The summed E-state index contributed by atoms with van der Waals surface area (Å²) in [4.78, 5) is 28.5. The van der Waals surface area contributed by atoms with Crippen molar-refractivity contribution in [2.45, 2.75) is 6.18 Å². The zero-order valence-corrected chi connectivity index (χ0v) is 23.8. The molecule has 0 bridgehead atoms. The largest absolute Gasteiger partial charge is 0.496 e. The number of halogens is 6. The van der Waals surface area contributed by atoms with Crippen molar-refractivity contribution in [1.29, 1.82) is 0 Å². The lowest BCUT2D eigenvalue weighted by Crippen LogP contribution is -2.33. The number of carbonyl (C=O) groups is 2. The van der Waals surface area contributed by atoms with Crippen molar-refractivity contribution in [3.05, 3.63) is 70.1 Å². The van der Waals surface area contributed by atoms with Gasteiger partial charge in [-0.1, -0.05) is 24.2 Å². The van der Waals surface area contributed by atoms with Gasteiger partial charge < -0.3 is 25.7 Å². The molecule has 0 spiro atoms. The number of rotatable bonds is 7. The number of ether oxygens (including phenoxy) is 1. The molecule has 8 nitrogen and oxygen atoms in total. The van der Waals surface area contributed by atoms with Crippen LogP contribution in [0.1, 0.15) is 10.4 Å². The summed E-state index contributed by atoms with van der Waals surface area (Å²) in [6.07, 6.45) is -3.06. The van der Waals surface area contributed by atoms with Crippen molar-refractivity contribution in [3.8, 4) is 28.1 Å². The number of hydrogen-bond donors (Lipinski definition) is 3. The van der Waals surface area contributed by atoms with Crippen LogP contribution in [0, 0.1) is 0 Å². The van der Waals surface area contributed by atoms with E-state index in [-0.39, 0.29) is 27.8 Å². The molecule has 0 saturated carbocycles. The molecule has 2 aromatic carbocycles. The second-order valence-electron chi connectivity index (χ2n) is 8.76. The molecule has 0 atom stereocenters. The minimum Gasteiger partial charge on any atom is -0.496 e. The molecule has 0 aliphatic heterocycles. The van der Waals surface area contributed by atoms with Gasteiger partial charge in [0.2, 0.25) is 0 Å². The van der Waals surface area contributed by atoms with E-state index in [1.54, 1.807) is 19.2 Å². The molecular formula is C27H21BrClF4N5O3. The first-order valence-electron chi connectivity index (χ1n) is 11.6. The summed E-state index contributed by atoms with van der Waals surface area (Å²) in [6.45, 7) is 1.46. The first kappa shape index (κ1) is 29.9. The second-order valence-corrected chi connectivity index (χ2v) is 10.0. The van der Waals surface area contributed by atoms with Crippen molar-refractivity contribution in [3.63, 3.8) is 0 Å². The van der Waals surface area contributed by atoms with E-state index in [9.17, 15) is 27.2 Å². The Morgan fingerprint density at radius 2 is 1.93 bits per heavy atom. The van der Waals surface area contributed by atoms with Crippen LogP contribution in [0.4, 0.5) is 29.1 Å². The minimum atomic E-state index is -4.59. The number of methoxy groups -OCH3 is 1. The summed E-state index contributed by atoms with van der Waals surface area (Å²) in [7, 11) is 3.05. The van der Waals surface area contributed by atoms with Crippen LogP contribution in [-0.2, 0) is 11.8 Å². The third-order valence-electron chi connectivity index (χ3n) is 6.11. The number of nitrogens with one attached hydrogen (secondary N) is 2. The number of amides is 2. The molecule has 41 heavy (non-hydrogen) atoms. The van der Waals surface area contributed by atoms with E-state index in [2.05, 4.69) is 32.8 Å². The summed E-state index contributed by atoms with van der Waals surface area (Å²) in [5.74, 6) is -2.97. The smallest absolute Gasteiger partial charge is 0.405 e. The maximum absolute atomic E-state index is 13.2. The number of aromatic nitrogens is 2. The van der Waals surface area contributed by atoms with Crippen molar-refractivity contribution in [2.75, 3.05) is 24.7 Å². The number of alkyl halides is 3. The number of carbonyl (C=O) groups excluding carboxylic acids is 2. The highest BCUT2D eigenvalue weighted by Gasteiger charge is 2.29. The fraction of sp³-hybridized carbons (Fsp3) is 0.148. The lowest BCUT2D eigenvalue weighted by atomic mass is 9.96. The summed E-state index contributed by atoms with van der Waals surface area (Å²) in [6, 6.07) is 8.95. The Labute approximate surface area is 244 Å². The van der Waals surface area contributed by atoms with Crippen LogP contribution in [0.25, 0.3) is 33.3 Å². The number of nitrogens with two attached hydrogens (primary N) is 1. The Morgan fingerprint density at radius 3 is 2.54 bits per heavy atom. The number of anilines is 2. The number of nitrogen functional groups attached to an aromatic ring is 1. The molecule has 4 rings (SSSR count). The van der Waals surface area contributed by atoms with Crippen molar-refractivity contribution in [2.24, 2.45) is 7.05 Å². The molecule has 0 aliphatic carbocycles. The second kappa shape index (κ2) is 11.4. The highest BCUT2D eigenvalue weighted by atomic mass is 79.9. The number of fused-ring (bicyclic) bond motifs is 1. The molecule has 214 valence electrons. The highest BCUT2D eigenvalue weighted by molar-refractivity contribution is 9.10. The fourth-order valence-electron chi connectivity index (χ4n) is 4.36. The number of aryl methyl sites for hydroxylation is 1. The Balaban J connectivity index is 1.93. The van der Waals surface area contributed by atoms with Gasteiger partial charge in [0.25, 0.3) is 11.8 Å². The molecule has 0 saturated heterocycles. The summed E-state index contributed by atoms with van der Waals surface area (Å²) >= 11 is 10.2. The predicted molar refractivity (Wildman–Crippen MR) is 153 cm³/mol.